The van der Waals surface area contributed by atoms with Crippen LogP contribution in [0.2, 0.25) is 0 Å². The van der Waals surface area contributed by atoms with Crippen molar-refractivity contribution >= 4 is 11.8 Å². The van der Waals surface area contributed by atoms with Gasteiger partial charge < -0.3 is 0 Å². The Kier molecular flexibility index (Phi) is 2.58. The second-order valence-corrected chi connectivity index (χ2v) is 7.70. The lowest BCUT2D eigenvalue weighted by atomic mass is 9.79. The molecule has 2 aromatic heterocycles. The topological polar surface area (TPSA) is 25.8 Å². The van der Waals surface area contributed by atoms with Gasteiger partial charge in [0.25, 0.3) is 0 Å². The van der Waals surface area contributed by atoms with Gasteiger partial charge in [-0.1, -0.05) is 32.0 Å². The van der Waals surface area contributed by atoms with E-state index in [1.54, 1.807) is 0 Å². The summed E-state index contributed by atoms with van der Waals surface area (Å²) in [4.78, 5) is 10.7. The molecule has 0 saturated carbocycles. The molecule has 0 unspecified atom stereocenters. The highest BCUT2D eigenvalue weighted by atomic mass is 32.2. The normalized spacial score (nSPS) is 16.3. The van der Waals surface area contributed by atoms with Crippen LogP contribution in [0.15, 0.2) is 53.7 Å². The van der Waals surface area contributed by atoms with E-state index in [4.69, 9.17) is 4.98 Å². The first-order chi connectivity index (χ1) is 11.2. The number of pyridine rings is 2. The van der Waals surface area contributed by atoms with Gasteiger partial charge in [0, 0.05) is 39.6 Å². The summed E-state index contributed by atoms with van der Waals surface area (Å²) in [5, 5.41) is 0. The predicted molar refractivity (Wildman–Crippen MR) is 94.6 cm³/mol. The van der Waals surface area contributed by atoms with Crippen LogP contribution in [-0.4, -0.2) is 9.97 Å². The summed E-state index contributed by atoms with van der Waals surface area (Å²) in [6, 6.07) is 13.0. The Morgan fingerprint density at radius 2 is 1.74 bits per heavy atom. The highest BCUT2D eigenvalue weighted by Crippen LogP contribution is 2.55. The van der Waals surface area contributed by atoms with E-state index < -0.39 is 0 Å². The molecule has 1 aromatic carbocycles. The lowest BCUT2D eigenvalue weighted by Crippen LogP contribution is -2.18. The van der Waals surface area contributed by atoms with Crippen LogP contribution in [0.3, 0.4) is 0 Å². The third-order valence-electron chi connectivity index (χ3n) is 5.04. The molecule has 3 aromatic rings. The molecule has 0 N–H and O–H groups in total. The second kappa shape index (κ2) is 4.45. The SMILES string of the molecule is CC1(C)c2cccnc2-c2ccc3c(c21)-c1ncccc1CS3. The minimum Gasteiger partial charge on any atom is -0.256 e. The molecule has 5 rings (SSSR count). The van der Waals surface area contributed by atoms with E-state index in [2.05, 4.69) is 43.1 Å². The van der Waals surface area contributed by atoms with E-state index in [9.17, 15) is 0 Å². The fraction of sp³-hybridized carbons (Fsp3) is 0.200. The Labute approximate surface area is 140 Å². The molecule has 0 spiro atoms. The van der Waals surface area contributed by atoms with Gasteiger partial charge in [0.15, 0.2) is 0 Å². The van der Waals surface area contributed by atoms with E-state index in [-0.39, 0.29) is 5.41 Å². The van der Waals surface area contributed by atoms with E-state index in [0.29, 0.717) is 0 Å². The molecule has 0 saturated heterocycles. The molecule has 0 radical (unpaired) electrons. The quantitative estimate of drug-likeness (QED) is 0.580. The van der Waals surface area contributed by atoms with Crippen molar-refractivity contribution < 1.29 is 0 Å². The first kappa shape index (κ1) is 13.3. The van der Waals surface area contributed by atoms with Crippen LogP contribution in [0, 0.1) is 0 Å². The maximum absolute atomic E-state index is 4.73. The van der Waals surface area contributed by atoms with Crippen molar-refractivity contribution in [2.45, 2.75) is 29.9 Å². The van der Waals surface area contributed by atoms with Crippen molar-refractivity contribution in [2.75, 3.05) is 0 Å². The molecule has 3 heteroatoms. The molecule has 0 atom stereocenters. The van der Waals surface area contributed by atoms with Crippen LogP contribution in [0.5, 0.6) is 0 Å². The third kappa shape index (κ3) is 1.66. The number of aromatic nitrogens is 2. The van der Waals surface area contributed by atoms with Gasteiger partial charge in [0.1, 0.15) is 0 Å². The Bertz CT molecular complexity index is 960. The molecule has 1 aliphatic heterocycles. The molecule has 3 heterocycles. The molecule has 23 heavy (non-hydrogen) atoms. The van der Waals surface area contributed by atoms with Crippen molar-refractivity contribution in [3.05, 3.63) is 65.5 Å². The predicted octanol–water partition coefficient (Wildman–Crippen LogP) is 5.06. The van der Waals surface area contributed by atoms with Crippen molar-refractivity contribution in [3.8, 4) is 22.5 Å². The number of benzene rings is 1. The van der Waals surface area contributed by atoms with Gasteiger partial charge in [-0.25, -0.2) is 0 Å². The van der Waals surface area contributed by atoms with Gasteiger partial charge in [-0.3, -0.25) is 9.97 Å². The second-order valence-electron chi connectivity index (χ2n) is 6.69. The number of fused-ring (bicyclic) bond motifs is 7. The zero-order chi connectivity index (χ0) is 15.6. The molecular weight excluding hydrogens is 300 g/mol. The van der Waals surface area contributed by atoms with Gasteiger partial charge in [0.05, 0.1) is 11.4 Å². The maximum Gasteiger partial charge on any atom is 0.0757 e. The number of nitrogens with zero attached hydrogens (tertiary/aromatic N) is 2. The smallest absolute Gasteiger partial charge is 0.0757 e. The Hall–Kier alpha value is -2.13. The molecule has 2 nitrogen and oxygen atoms in total. The van der Waals surface area contributed by atoms with Crippen molar-refractivity contribution in [2.24, 2.45) is 0 Å². The average molecular weight is 316 g/mol. The number of hydrogen-bond acceptors (Lipinski definition) is 3. The van der Waals surface area contributed by atoms with Crippen LogP contribution in [0.4, 0.5) is 0 Å². The zero-order valence-electron chi connectivity index (χ0n) is 13.1. The van der Waals surface area contributed by atoms with E-state index in [1.807, 2.05) is 36.3 Å². The van der Waals surface area contributed by atoms with Gasteiger partial charge in [-0.2, -0.15) is 0 Å². The van der Waals surface area contributed by atoms with Crippen molar-refractivity contribution in [1.29, 1.82) is 0 Å². The zero-order valence-corrected chi connectivity index (χ0v) is 13.9. The molecule has 1 aliphatic carbocycles. The van der Waals surface area contributed by atoms with Crippen LogP contribution in [0.1, 0.15) is 30.5 Å². The first-order valence-electron chi connectivity index (χ1n) is 7.88. The number of thioether (sulfide) groups is 1. The van der Waals surface area contributed by atoms with Crippen LogP contribution in [0.25, 0.3) is 22.5 Å². The minimum absolute atomic E-state index is 0.0447. The number of rotatable bonds is 0. The summed E-state index contributed by atoms with van der Waals surface area (Å²) in [5.41, 5.74) is 8.85. The molecule has 112 valence electrons. The van der Waals surface area contributed by atoms with E-state index in [1.165, 1.54) is 32.7 Å². The summed E-state index contributed by atoms with van der Waals surface area (Å²) in [6.45, 7) is 4.61. The lowest BCUT2D eigenvalue weighted by Gasteiger charge is -2.28. The van der Waals surface area contributed by atoms with Gasteiger partial charge in [-0.15, -0.1) is 11.8 Å². The van der Waals surface area contributed by atoms with Gasteiger partial charge in [-0.05, 0) is 34.9 Å². The van der Waals surface area contributed by atoms with Gasteiger partial charge >= 0.3 is 0 Å². The summed E-state index contributed by atoms with van der Waals surface area (Å²) in [7, 11) is 0. The fourth-order valence-electron chi connectivity index (χ4n) is 3.98. The summed E-state index contributed by atoms with van der Waals surface area (Å²) in [5.74, 6) is 1.00. The Morgan fingerprint density at radius 1 is 0.957 bits per heavy atom. The first-order valence-corrected chi connectivity index (χ1v) is 8.87. The molecular formula is C20H16N2S. The van der Waals surface area contributed by atoms with Crippen molar-refractivity contribution in [3.63, 3.8) is 0 Å². The lowest BCUT2D eigenvalue weighted by molar-refractivity contribution is 0.658. The highest BCUT2D eigenvalue weighted by Gasteiger charge is 2.40. The molecule has 0 fully saturated rings. The van der Waals surface area contributed by atoms with E-state index >= 15 is 0 Å². The molecule has 2 aliphatic rings. The summed E-state index contributed by atoms with van der Waals surface area (Å²) >= 11 is 1.92. The van der Waals surface area contributed by atoms with Gasteiger partial charge in [0.2, 0.25) is 0 Å². The largest absolute Gasteiger partial charge is 0.256 e. The molecule has 0 amide bonds. The Morgan fingerprint density at radius 3 is 2.61 bits per heavy atom. The third-order valence-corrected chi connectivity index (χ3v) is 6.15. The molecule has 0 bridgehead atoms. The van der Waals surface area contributed by atoms with E-state index in [0.717, 1.165) is 17.1 Å². The fourth-order valence-corrected chi connectivity index (χ4v) is 5.03. The van der Waals surface area contributed by atoms with Crippen LogP contribution in [-0.2, 0) is 11.2 Å². The standard InChI is InChI=1S/C20H16N2S/c1-20(2)14-6-4-10-22-19(14)13-7-8-15-16(17(13)20)18-12(11-23-15)5-3-9-21-18/h3-10H,11H2,1-2H3. The summed E-state index contributed by atoms with van der Waals surface area (Å²) < 4.78 is 0. The highest BCUT2D eigenvalue weighted by molar-refractivity contribution is 7.98. The minimum atomic E-state index is -0.0447. The maximum atomic E-state index is 4.73. The van der Waals surface area contributed by atoms with Crippen LogP contribution >= 0.6 is 11.8 Å². The van der Waals surface area contributed by atoms with Crippen LogP contribution < -0.4 is 0 Å². The summed E-state index contributed by atoms with van der Waals surface area (Å²) in [6.07, 6.45) is 3.80. The Balaban J connectivity index is 1.91. The number of hydrogen-bond donors (Lipinski definition) is 0. The average Bonchev–Trinajstić information content (AvgIpc) is 2.83. The monoisotopic (exact) mass is 316 g/mol. The van der Waals surface area contributed by atoms with Crippen molar-refractivity contribution in [1.82, 2.24) is 9.97 Å².